The maximum atomic E-state index is 9.71. The average molecular weight is 206 g/mol. The van der Waals surface area contributed by atoms with Gasteiger partial charge in [-0.1, -0.05) is 0 Å². The molecule has 0 rings (SSSR count). The molecule has 8 heavy (non-hydrogen) atoms. The van der Waals surface area contributed by atoms with Crippen molar-refractivity contribution in [1.82, 2.24) is 0 Å². The van der Waals surface area contributed by atoms with E-state index in [2.05, 4.69) is 0 Å². The number of hydrogen-bond donors (Lipinski definition) is 2. The molecule has 0 bridgehead atoms. The van der Waals surface area contributed by atoms with E-state index in [4.69, 9.17) is 10.3 Å². The van der Waals surface area contributed by atoms with Crippen LogP contribution in [0.25, 0.3) is 0 Å². The molecule has 4 nitrogen and oxygen atoms in total. The van der Waals surface area contributed by atoms with Crippen molar-refractivity contribution in [1.29, 1.82) is 0 Å². The molecule has 0 aromatic rings. The molecule has 0 atom stereocenters. The van der Waals surface area contributed by atoms with Gasteiger partial charge in [0.1, 0.15) is 0 Å². The normalized spacial score (nSPS) is 10.2. The molecule has 0 amide bonds. The molecule has 0 spiro atoms. The second-order valence-electron chi connectivity index (χ2n) is 1.07. The Morgan fingerprint density at radius 3 is 1.88 bits per heavy atom. The van der Waals surface area contributed by atoms with E-state index in [0.29, 0.717) is 0 Å². The first-order chi connectivity index (χ1) is 3.06. The average Bonchev–Trinajstić information content (AvgIpc) is 1.30. The third kappa shape index (κ3) is 9.63. The zero-order valence-electron chi connectivity index (χ0n) is 4.16. The molecule has 0 saturated carbocycles. The monoisotopic (exact) mass is 207 g/mol. The van der Waals surface area contributed by atoms with Gasteiger partial charge in [0.15, 0.2) is 0 Å². The van der Waals surface area contributed by atoms with E-state index in [1.54, 1.807) is 0 Å². The summed E-state index contributed by atoms with van der Waals surface area (Å²) in [5.74, 6) is -0.354. The van der Waals surface area contributed by atoms with E-state index in [-0.39, 0.29) is 29.4 Å². The predicted octanol–water partition coefficient (Wildman–Crippen LogP) is -2.08. The molecule has 0 aromatic carbocycles. The predicted molar refractivity (Wildman–Crippen MR) is 34.0 cm³/mol. The fourth-order valence-corrected chi connectivity index (χ4v) is 0.447. The Hall–Kier alpha value is 0.389. The first-order valence-electron chi connectivity index (χ1n) is 1.71. The van der Waals surface area contributed by atoms with Crippen LogP contribution in [0.2, 0.25) is 0 Å². The van der Waals surface area contributed by atoms with Gasteiger partial charge in [0.05, 0.1) is 5.75 Å². The van der Waals surface area contributed by atoms with Crippen LogP contribution < -0.4 is 5.73 Å². The molecule has 0 aliphatic rings. The molecular formula is C2H9NO3SSe. The van der Waals surface area contributed by atoms with Crippen LogP contribution in [0.1, 0.15) is 0 Å². The Balaban J connectivity index is 0. The van der Waals surface area contributed by atoms with E-state index >= 15 is 0 Å². The minimum absolute atomic E-state index is 0. The van der Waals surface area contributed by atoms with Gasteiger partial charge in [-0.15, -0.1) is 0 Å². The van der Waals surface area contributed by atoms with Gasteiger partial charge < -0.3 is 5.73 Å². The van der Waals surface area contributed by atoms with E-state index in [1.165, 1.54) is 0 Å². The van der Waals surface area contributed by atoms with E-state index in [1.807, 2.05) is 0 Å². The molecule has 0 saturated heterocycles. The minimum atomic E-state index is -3.80. The van der Waals surface area contributed by atoms with Crippen LogP contribution in [0.3, 0.4) is 0 Å². The van der Waals surface area contributed by atoms with Crippen LogP contribution in [0, 0.1) is 0 Å². The van der Waals surface area contributed by atoms with Crippen molar-refractivity contribution in [3.63, 3.8) is 0 Å². The van der Waals surface area contributed by atoms with E-state index in [0.717, 1.165) is 0 Å². The van der Waals surface area contributed by atoms with Crippen LogP contribution in [0.5, 0.6) is 0 Å². The summed E-state index contributed by atoms with van der Waals surface area (Å²) in [7, 11) is -3.80. The van der Waals surface area contributed by atoms with Gasteiger partial charge in [-0.05, 0) is 0 Å². The van der Waals surface area contributed by atoms with Gasteiger partial charge in [-0.25, -0.2) is 0 Å². The van der Waals surface area contributed by atoms with Crippen LogP contribution in [-0.4, -0.2) is 42.3 Å². The second kappa shape index (κ2) is 4.29. The van der Waals surface area contributed by atoms with Crippen molar-refractivity contribution >= 4 is 27.2 Å². The Kier molecular flexibility index (Phi) is 6.01. The molecule has 6 heteroatoms. The fraction of sp³-hybridized carbons (Fsp3) is 1.00. The quantitative estimate of drug-likeness (QED) is 0.401. The third-order valence-electron chi connectivity index (χ3n) is 0.376. The molecule has 0 aromatic heterocycles. The van der Waals surface area contributed by atoms with Gasteiger partial charge in [0.2, 0.25) is 0 Å². The molecule has 0 fully saturated rings. The van der Waals surface area contributed by atoms with Crippen molar-refractivity contribution in [3.05, 3.63) is 0 Å². The Morgan fingerprint density at radius 2 is 1.88 bits per heavy atom. The summed E-state index contributed by atoms with van der Waals surface area (Å²) in [6, 6.07) is 0. The van der Waals surface area contributed by atoms with Crippen LogP contribution in [0.15, 0.2) is 0 Å². The summed E-state index contributed by atoms with van der Waals surface area (Å²) in [6.45, 7) is -0.0289. The molecule has 0 unspecified atom stereocenters. The Bertz CT molecular complexity index is 130. The van der Waals surface area contributed by atoms with Gasteiger partial charge in [0, 0.05) is 6.54 Å². The molecular weight excluding hydrogens is 197 g/mol. The van der Waals surface area contributed by atoms with Gasteiger partial charge in [-0.2, -0.15) is 8.42 Å². The molecule has 52 valence electrons. The zero-order valence-corrected chi connectivity index (χ0v) is 7.08. The van der Waals surface area contributed by atoms with Crippen LogP contribution in [0.4, 0.5) is 0 Å². The maximum absolute atomic E-state index is 9.71. The van der Waals surface area contributed by atoms with Gasteiger partial charge in [-0.3, -0.25) is 4.55 Å². The molecule has 3 N–H and O–H groups in total. The summed E-state index contributed by atoms with van der Waals surface area (Å²) < 4.78 is 27.3. The number of nitrogens with two attached hydrogens (primary N) is 1. The third-order valence-corrected chi connectivity index (χ3v) is 1.13. The summed E-state index contributed by atoms with van der Waals surface area (Å²) in [5.41, 5.74) is 4.78. The van der Waals surface area contributed by atoms with Crippen molar-refractivity contribution < 1.29 is 13.0 Å². The molecule has 0 radical (unpaired) electrons. The standard InChI is InChI=1S/C2H7NO3S.H2Se/c3-1-2-7(4,5)6;/h1-3H2,(H,4,5,6);1H2. The van der Waals surface area contributed by atoms with Crippen molar-refractivity contribution in [3.8, 4) is 0 Å². The Labute approximate surface area is 58.7 Å². The van der Waals surface area contributed by atoms with Crippen molar-refractivity contribution in [2.24, 2.45) is 5.73 Å². The summed E-state index contributed by atoms with van der Waals surface area (Å²) in [4.78, 5) is 0. The molecule has 0 heterocycles. The molecule has 0 aliphatic carbocycles. The first kappa shape index (κ1) is 11.2. The summed E-state index contributed by atoms with van der Waals surface area (Å²) in [6.07, 6.45) is 0. The second-order valence-corrected chi connectivity index (χ2v) is 2.65. The summed E-state index contributed by atoms with van der Waals surface area (Å²) >= 11 is 0. The zero-order chi connectivity index (χ0) is 5.91. The SMILES string of the molecule is NCCS(=O)(=O)O.[SeH2]. The van der Waals surface area contributed by atoms with E-state index in [9.17, 15) is 8.42 Å². The summed E-state index contributed by atoms with van der Waals surface area (Å²) in [5, 5.41) is 0. The fourth-order valence-electron chi connectivity index (χ4n) is 0.149. The van der Waals surface area contributed by atoms with Crippen molar-refractivity contribution in [2.45, 2.75) is 0 Å². The van der Waals surface area contributed by atoms with E-state index < -0.39 is 10.1 Å². The first-order valence-corrected chi connectivity index (χ1v) is 3.32. The topological polar surface area (TPSA) is 80.4 Å². The van der Waals surface area contributed by atoms with Crippen molar-refractivity contribution in [2.75, 3.05) is 12.3 Å². The molecule has 0 aliphatic heterocycles. The van der Waals surface area contributed by atoms with Gasteiger partial charge in [0.25, 0.3) is 10.1 Å². The van der Waals surface area contributed by atoms with Crippen LogP contribution in [-0.2, 0) is 10.1 Å². The Morgan fingerprint density at radius 1 is 1.50 bits per heavy atom. The number of hydrogen-bond acceptors (Lipinski definition) is 3. The van der Waals surface area contributed by atoms with Gasteiger partial charge >= 0.3 is 17.1 Å². The number of rotatable bonds is 2. The van der Waals surface area contributed by atoms with Crippen LogP contribution >= 0.6 is 0 Å².